The average molecular weight is 687 g/mol. The van der Waals surface area contributed by atoms with Gasteiger partial charge in [0.1, 0.15) is 0 Å². The molecule has 0 saturated carbocycles. The van der Waals surface area contributed by atoms with Crippen LogP contribution in [0.25, 0.3) is 0 Å². The molecule has 0 bridgehead atoms. The Bertz CT molecular complexity index is 1270. The molecule has 47 heavy (non-hydrogen) atoms. The molecule has 5 aliphatic rings. The van der Waals surface area contributed by atoms with Crippen LogP contribution in [0.5, 0.6) is 0 Å². The fourth-order valence-corrected chi connectivity index (χ4v) is 8.65. The van der Waals surface area contributed by atoms with Gasteiger partial charge in [-0.25, -0.2) is 0 Å². The molecule has 4 N–H and O–H groups in total. The van der Waals surface area contributed by atoms with Gasteiger partial charge in [0.2, 0.25) is 0 Å². The fraction of sp³-hybridized carbons (Fsp3) is 0.972. The van der Waals surface area contributed by atoms with Crippen molar-refractivity contribution >= 4 is 5.97 Å². The second-order valence-corrected chi connectivity index (χ2v) is 14.7. The first-order chi connectivity index (χ1) is 26.3. The minimum Gasteiger partial charge on any atom is -0.481 e. The molecule has 272 valence electrons. The zero-order valence-electron chi connectivity index (χ0n) is 35.7. The molecule has 0 radical (unpaired) electrons. The van der Waals surface area contributed by atoms with Crippen molar-refractivity contribution in [3.05, 3.63) is 0 Å². The molecule has 0 aromatic carbocycles. The van der Waals surface area contributed by atoms with Crippen molar-refractivity contribution in [1.29, 1.82) is 0 Å². The molecule has 17 atom stereocenters. The smallest absolute Gasteiger partial charge is 0.308 e. The van der Waals surface area contributed by atoms with Crippen molar-refractivity contribution < 1.29 is 64.6 Å². The number of aliphatic hydroxyl groups excluding tert-OH is 2. The Kier molecular flexibility index (Phi) is 8.09. The van der Waals surface area contributed by atoms with Crippen LogP contribution in [0.15, 0.2) is 0 Å². The molecule has 0 amide bonds. The lowest BCUT2D eigenvalue weighted by Crippen LogP contribution is -2.57. The third-order valence-electron chi connectivity index (χ3n) is 11.6. The lowest BCUT2D eigenvalue weighted by Gasteiger charge is -2.49. The van der Waals surface area contributed by atoms with Gasteiger partial charge in [-0.3, -0.25) is 4.79 Å². The molecule has 5 fully saturated rings. The summed E-state index contributed by atoms with van der Waals surface area (Å²) in [7, 11) is 1.31. The zero-order valence-corrected chi connectivity index (χ0v) is 27.7. The maximum absolute atomic E-state index is 12.1. The Hall–Kier alpha value is -0.890. The Balaban J connectivity index is 1.38. The molecule has 11 heteroatoms. The highest BCUT2D eigenvalue weighted by molar-refractivity contribution is 5.70. The van der Waals surface area contributed by atoms with Crippen molar-refractivity contribution in [2.24, 2.45) is 35.5 Å². The van der Waals surface area contributed by atoms with Crippen molar-refractivity contribution in [2.45, 2.75) is 172 Å². The minimum atomic E-state index is -1.96. The molecule has 3 unspecified atom stereocenters. The van der Waals surface area contributed by atoms with Crippen molar-refractivity contribution in [3.63, 3.8) is 0 Å². The second-order valence-electron chi connectivity index (χ2n) is 14.7. The molecule has 11 nitrogen and oxygen atoms in total. The first kappa shape index (κ1) is 27.8. The summed E-state index contributed by atoms with van der Waals surface area (Å²) >= 11 is 0. The van der Waals surface area contributed by atoms with Crippen LogP contribution in [-0.4, -0.2) is 106 Å². The highest BCUT2D eigenvalue weighted by atomic mass is 16.7. The number of hydrogen-bond acceptors (Lipinski definition) is 10. The van der Waals surface area contributed by atoms with E-state index in [4.69, 9.17) is 39.4 Å². The third-order valence-corrected chi connectivity index (χ3v) is 11.6. The second kappa shape index (κ2) is 13.7. The summed E-state index contributed by atoms with van der Waals surface area (Å²) in [4.78, 5) is 12.1. The van der Waals surface area contributed by atoms with E-state index >= 15 is 0 Å². The standard InChI is InChI=1S/C36H62O11/c1-10-34(31-20(3)16-26(43-31)28-19(2)15-21(4)36(41,18-37)46-28)12-11-27(44-34)33(8)13-14-35(47-33)17-25(38)22(5)30(45-35)23(6)29(42-9)24(7)32(39)40/h19-31,37-38,41H,10-18H2,1-9H3,(H,39,40)/t19-,20-,21+,22+,23-,24+,25-,26?,27+,28?,29+,30?,31+,33-,34-,35+,36-/m0/s1/i1+1D,2+1D,3+1D,4+1D,5+1D,6+1D,7+1D,8+1D. The van der Waals surface area contributed by atoms with E-state index in [9.17, 15) is 25.2 Å². The monoisotopic (exact) mass is 687 g/mol. The van der Waals surface area contributed by atoms with Gasteiger partial charge >= 0.3 is 5.97 Å². The molecule has 1 spiro atoms. The van der Waals surface area contributed by atoms with Crippen LogP contribution in [-0.2, 0) is 33.2 Å². The molecular weight excluding hydrogens is 616 g/mol. The number of carbonyl (C=O) groups is 1. The number of aliphatic carboxylic acids is 1. The van der Waals surface area contributed by atoms with E-state index in [0.29, 0.717) is 32.1 Å². The Morgan fingerprint density at radius 1 is 1.06 bits per heavy atom. The van der Waals surface area contributed by atoms with E-state index in [0.717, 1.165) is 0 Å². The van der Waals surface area contributed by atoms with Gasteiger partial charge in [-0.2, -0.15) is 0 Å². The van der Waals surface area contributed by atoms with Crippen molar-refractivity contribution in [2.75, 3.05) is 13.7 Å². The number of methoxy groups -OCH3 is 1. The highest BCUT2D eigenvalue weighted by Crippen LogP contribution is 2.55. The van der Waals surface area contributed by atoms with Crippen LogP contribution in [0, 0.1) is 35.5 Å². The van der Waals surface area contributed by atoms with E-state index in [2.05, 4.69) is 0 Å². The highest BCUT2D eigenvalue weighted by Gasteiger charge is 2.62. The largest absolute Gasteiger partial charge is 0.481 e. The van der Waals surface area contributed by atoms with Gasteiger partial charge in [0.25, 0.3) is 0 Å². The van der Waals surface area contributed by atoms with E-state index in [-0.39, 0.29) is 79.4 Å². The van der Waals surface area contributed by atoms with Gasteiger partial charge in [0.15, 0.2) is 11.6 Å². The SMILES string of the molecule is [2H][13CH2]C[C@@]1([C@@H]2OC(C3O[C@@](O)(CO)[C@H]([13CH2][2H])C[C@@H]3[13CH2][2H])C[C@@H]2[13CH2][2H])CC[C@H]([C@]2([13CH2][2H])CC[C@]3(C[C@H](O)[C@@H]([13CH2][2H])C([C@@H]([13CH2][2H])[C@@H](OC)[C@@H]([13CH2][2H])C(=O)O)O3)O2)O1. The number of rotatable bonds is 10. The Morgan fingerprint density at radius 2 is 1.91 bits per heavy atom. The molecule has 5 aliphatic heterocycles. The van der Waals surface area contributed by atoms with Gasteiger partial charge in [-0.1, -0.05) is 41.4 Å². The van der Waals surface area contributed by atoms with Gasteiger partial charge < -0.3 is 48.8 Å². The van der Waals surface area contributed by atoms with Crippen LogP contribution >= 0.6 is 0 Å². The molecule has 0 aliphatic carbocycles. The molecular formula is C36H62O11. The maximum Gasteiger partial charge on any atom is 0.308 e. The lowest BCUT2D eigenvalue weighted by atomic mass is 9.83. The fourth-order valence-electron chi connectivity index (χ4n) is 8.65. The van der Waals surface area contributed by atoms with E-state index in [1.807, 2.05) is 0 Å². The topological polar surface area (TPSA) is 153 Å². The van der Waals surface area contributed by atoms with Crippen molar-refractivity contribution in [1.82, 2.24) is 0 Å². The predicted octanol–water partition coefficient (Wildman–Crippen LogP) is 4.27. The summed E-state index contributed by atoms with van der Waals surface area (Å²) in [6, 6.07) is 0. The van der Waals surface area contributed by atoms with Crippen LogP contribution < -0.4 is 0 Å². The first-order valence-corrected chi connectivity index (χ1v) is 16.8. The van der Waals surface area contributed by atoms with Crippen LogP contribution in [0.2, 0.25) is 0 Å². The van der Waals surface area contributed by atoms with E-state index in [1.165, 1.54) is 7.11 Å². The van der Waals surface area contributed by atoms with Gasteiger partial charge in [0.05, 0.1) is 66.5 Å². The summed E-state index contributed by atoms with van der Waals surface area (Å²) in [5, 5.41) is 42.5. The summed E-state index contributed by atoms with van der Waals surface area (Å²) in [6.45, 7) is -2.33. The summed E-state index contributed by atoms with van der Waals surface area (Å²) in [6.07, 6.45) is -3.63. The summed E-state index contributed by atoms with van der Waals surface area (Å²) in [5.74, 6) is -9.03. The van der Waals surface area contributed by atoms with Gasteiger partial charge in [-0.15, -0.1) is 0 Å². The number of ether oxygens (including phenoxy) is 6. The zero-order chi connectivity index (χ0) is 40.3. The number of aliphatic hydroxyl groups is 3. The van der Waals surface area contributed by atoms with Crippen molar-refractivity contribution in [3.8, 4) is 0 Å². The van der Waals surface area contributed by atoms with Gasteiger partial charge in [-0.05, 0) is 64.2 Å². The maximum atomic E-state index is 12.1. The molecule has 0 aromatic rings. The summed E-state index contributed by atoms with van der Waals surface area (Å²) < 4.78 is 105. The predicted molar refractivity (Wildman–Crippen MR) is 172 cm³/mol. The lowest BCUT2D eigenvalue weighted by molar-refractivity contribution is -0.336. The van der Waals surface area contributed by atoms with E-state index in [1.54, 1.807) is 0 Å². The van der Waals surface area contributed by atoms with Crippen LogP contribution in [0.1, 0.15) is 118 Å². The number of hydrogen-bond donors (Lipinski definition) is 4. The average Bonchev–Trinajstić information content (AvgIpc) is 3.91. The molecule has 5 saturated heterocycles. The van der Waals surface area contributed by atoms with Crippen LogP contribution in [0.3, 0.4) is 0 Å². The number of carboxylic acids is 1. The normalized spacial score (nSPS) is 53.1. The van der Waals surface area contributed by atoms with E-state index < -0.39 is 109 Å². The Labute approximate surface area is 292 Å². The summed E-state index contributed by atoms with van der Waals surface area (Å²) in [5.41, 5.74) is -2.25. The first-order valence-electron chi connectivity index (χ1n) is 22.4. The Morgan fingerprint density at radius 3 is 2.55 bits per heavy atom. The quantitative estimate of drug-likeness (QED) is 0.244. The van der Waals surface area contributed by atoms with Crippen LogP contribution in [0.4, 0.5) is 0 Å². The third kappa shape index (κ3) is 6.67. The molecule has 5 heterocycles. The minimum absolute atomic E-state index is 0.0122. The molecule has 0 aromatic heterocycles. The number of carboxylic acid groups (broad SMARTS) is 1. The van der Waals surface area contributed by atoms with Gasteiger partial charge in [0, 0.05) is 48.7 Å². The molecule has 5 rings (SSSR count).